The molecule has 132 valence electrons. The number of amides is 1. The first-order chi connectivity index (χ1) is 12.3. The second-order valence-corrected chi connectivity index (χ2v) is 6.90. The smallest absolute Gasteiger partial charge is 0.227 e. The van der Waals surface area contributed by atoms with Crippen molar-refractivity contribution in [3.8, 4) is 0 Å². The number of aromatic nitrogens is 4. The van der Waals surface area contributed by atoms with Gasteiger partial charge in [0.05, 0.1) is 24.7 Å². The lowest BCUT2D eigenvalue weighted by Crippen LogP contribution is -2.47. The molecular formula is C18H24N6O. The van der Waals surface area contributed by atoms with E-state index in [1.165, 1.54) is 0 Å². The summed E-state index contributed by atoms with van der Waals surface area (Å²) in [4.78, 5) is 26.0. The van der Waals surface area contributed by atoms with Crippen LogP contribution in [0.15, 0.2) is 37.1 Å². The first-order valence-corrected chi connectivity index (χ1v) is 9.10. The third-order valence-electron chi connectivity index (χ3n) is 5.26. The summed E-state index contributed by atoms with van der Waals surface area (Å²) in [5.74, 6) is 1.21. The molecule has 2 fully saturated rings. The van der Waals surface area contributed by atoms with Crippen molar-refractivity contribution in [2.45, 2.75) is 38.3 Å². The lowest BCUT2D eigenvalue weighted by atomic mass is 9.96. The van der Waals surface area contributed by atoms with Crippen LogP contribution in [-0.4, -0.2) is 56.2 Å². The highest BCUT2D eigenvalue weighted by Gasteiger charge is 2.35. The summed E-state index contributed by atoms with van der Waals surface area (Å²) in [6, 6.07) is 2.19. The lowest BCUT2D eigenvalue weighted by molar-refractivity contribution is -0.136. The Hall–Kier alpha value is -2.44. The summed E-state index contributed by atoms with van der Waals surface area (Å²) in [6.45, 7) is 3.34. The van der Waals surface area contributed by atoms with Crippen LogP contribution in [0.4, 0.5) is 5.82 Å². The number of carbonyl (C=O) groups is 1. The number of carbonyl (C=O) groups excluding carboxylic acids is 1. The second-order valence-electron chi connectivity index (χ2n) is 6.90. The molecule has 2 aromatic rings. The Morgan fingerprint density at radius 3 is 2.88 bits per heavy atom. The maximum absolute atomic E-state index is 13.1. The first kappa shape index (κ1) is 16.1. The molecule has 2 aliphatic rings. The Morgan fingerprint density at radius 1 is 1.16 bits per heavy atom. The molecule has 0 aromatic carbocycles. The van der Waals surface area contributed by atoms with E-state index in [-0.39, 0.29) is 12.0 Å². The summed E-state index contributed by atoms with van der Waals surface area (Å²) in [7, 11) is 0. The van der Waals surface area contributed by atoms with Gasteiger partial charge in [-0.2, -0.15) is 5.10 Å². The van der Waals surface area contributed by atoms with Crippen LogP contribution >= 0.6 is 0 Å². The van der Waals surface area contributed by atoms with E-state index in [0.29, 0.717) is 5.91 Å². The molecule has 0 aliphatic carbocycles. The molecule has 2 atom stereocenters. The predicted octanol–water partition coefficient (Wildman–Crippen LogP) is 1.58. The lowest BCUT2D eigenvalue weighted by Gasteiger charge is -2.36. The van der Waals surface area contributed by atoms with Crippen LogP contribution in [-0.2, 0) is 11.3 Å². The normalized spacial score (nSPS) is 23.8. The zero-order valence-corrected chi connectivity index (χ0v) is 14.4. The minimum Gasteiger partial charge on any atom is -0.355 e. The minimum atomic E-state index is 0.0500. The minimum absolute atomic E-state index is 0.0500. The van der Waals surface area contributed by atoms with Crippen LogP contribution < -0.4 is 4.90 Å². The van der Waals surface area contributed by atoms with E-state index in [9.17, 15) is 4.79 Å². The van der Waals surface area contributed by atoms with Gasteiger partial charge in [-0.25, -0.2) is 4.98 Å². The van der Waals surface area contributed by atoms with Crippen molar-refractivity contribution in [3.63, 3.8) is 0 Å². The number of nitrogens with zero attached hydrogens (tertiary/aromatic N) is 6. The zero-order chi connectivity index (χ0) is 17.1. The van der Waals surface area contributed by atoms with Crippen LogP contribution in [0.25, 0.3) is 0 Å². The highest BCUT2D eigenvalue weighted by atomic mass is 16.2. The molecule has 2 saturated heterocycles. The molecule has 1 amide bonds. The number of hydrogen-bond acceptors (Lipinski definition) is 5. The Balaban J connectivity index is 1.42. The molecule has 0 saturated carbocycles. The molecule has 25 heavy (non-hydrogen) atoms. The molecule has 4 heterocycles. The molecule has 4 rings (SSSR count). The average Bonchev–Trinajstić information content (AvgIpc) is 3.34. The van der Waals surface area contributed by atoms with Gasteiger partial charge in [0.1, 0.15) is 5.82 Å². The number of hydrogen-bond donors (Lipinski definition) is 0. The number of likely N-dealkylation sites (tertiary alicyclic amines) is 1. The van der Waals surface area contributed by atoms with Crippen LogP contribution in [0.2, 0.25) is 0 Å². The van der Waals surface area contributed by atoms with Crippen molar-refractivity contribution < 1.29 is 4.79 Å². The van der Waals surface area contributed by atoms with Crippen LogP contribution in [0.5, 0.6) is 0 Å². The molecule has 0 spiro atoms. The molecule has 2 unspecified atom stereocenters. The number of piperidine rings is 1. The van der Waals surface area contributed by atoms with E-state index in [1.54, 1.807) is 24.8 Å². The van der Waals surface area contributed by atoms with Gasteiger partial charge < -0.3 is 9.80 Å². The maximum atomic E-state index is 13.1. The first-order valence-electron chi connectivity index (χ1n) is 9.10. The summed E-state index contributed by atoms with van der Waals surface area (Å²) >= 11 is 0. The Kier molecular flexibility index (Phi) is 4.63. The van der Waals surface area contributed by atoms with Gasteiger partial charge in [-0.1, -0.05) is 0 Å². The zero-order valence-electron chi connectivity index (χ0n) is 14.4. The quantitative estimate of drug-likeness (QED) is 0.845. The largest absolute Gasteiger partial charge is 0.355 e. The van der Waals surface area contributed by atoms with Gasteiger partial charge in [0.25, 0.3) is 0 Å². The van der Waals surface area contributed by atoms with Crippen molar-refractivity contribution >= 4 is 11.7 Å². The SMILES string of the molecule is O=C(C1CCCN(c2cnccn2)C1)N1CCCC1Cn1cccn1. The topological polar surface area (TPSA) is 67.2 Å². The van der Waals surface area contributed by atoms with Crippen LogP contribution in [0, 0.1) is 5.92 Å². The molecule has 0 radical (unpaired) electrons. The highest BCUT2D eigenvalue weighted by Crippen LogP contribution is 2.27. The van der Waals surface area contributed by atoms with Crippen LogP contribution in [0.1, 0.15) is 25.7 Å². The summed E-state index contributed by atoms with van der Waals surface area (Å²) in [5, 5.41) is 4.29. The van der Waals surface area contributed by atoms with Gasteiger partial charge in [-0.15, -0.1) is 0 Å². The van der Waals surface area contributed by atoms with Crippen molar-refractivity contribution in [3.05, 3.63) is 37.1 Å². The van der Waals surface area contributed by atoms with Crippen molar-refractivity contribution in [2.24, 2.45) is 5.92 Å². The Bertz CT molecular complexity index is 689. The Morgan fingerprint density at radius 2 is 2.08 bits per heavy atom. The molecule has 7 nitrogen and oxygen atoms in total. The van der Waals surface area contributed by atoms with E-state index < -0.39 is 0 Å². The summed E-state index contributed by atoms with van der Waals surface area (Å²) < 4.78 is 1.93. The fourth-order valence-corrected chi connectivity index (χ4v) is 4.02. The highest BCUT2D eigenvalue weighted by molar-refractivity contribution is 5.80. The fourth-order valence-electron chi connectivity index (χ4n) is 4.02. The van der Waals surface area contributed by atoms with Crippen molar-refractivity contribution in [1.82, 2.24) is 24.6 Å². The van der Waals surface area contributed by atoms with Gasteiger partial charge >= 0.3 is 0 Å². The molecule has 2 aromatic heterocycles. The van der Waals surface area contributed by atoms with E-state index in [4.69, 9.17) is 0 Å². The van der Waals surface area contributed by atoms with Gasteiger partial charge in [0.2, 0.25) is 5.91 Å². The monoisotopic (exact) mass is 340 g/mol. The van der Waals surface area contributed by atoms with Gasteiger partial charge in [0, 0.05) is 44.4 Å². The number of rotatable bonds is 4. The predicted molar refractivity (Wildman–Crippen MR) is 93.9 cm³/mol. The van der Waals surface area contributed by atoms with Crippen molar-refractivity contribution in [2.75, 3.05) is 24.5 Å². The van der Waals surface area contributed by atoms with E-state index in [1.807, 2.05) is 16.9 Å². The van der Waals surface area contributed by atoms with Crippen LogP contribution in [0.3, 0.4) is 0 Å². The molecule has 0 bridgehead atoms. The molecule has 2 aliphatic heterocycles. The van der Waals surface area contributed by atoms with E-state index in [2.05, 4.69) is 24.9 Å². The second kappa shape index (κ2) is 7.21. The maximum Gasteiger partial charge on any atom is 0.227 e. The van der Waals surface area contributed by atoms with Gasteiger partial charge in [-0.05, 0) is 31.7 Å². The van der Waals surface area contributed by atoms with Gasteiger partial charge in [0.15, 0.2) is 0 Å². The number of anilines is 1. The fraction of sp³-hybridized carbons (Fsp3) is 0.556. The molecular weight excluding hydrogens is 316 g/mol. The third kappa shape index (κ3) is 3.50. The Labute approximate surface area is 147 Å². The van der Waals surface area contributed by atoms with Crippen molar-refractivity contribution in [1.29, 1.82) is 0 Å². The summed E-state index contributed by atoms with van der Waals surface area (Å²) in [5.41, 5.74) is 0. The van der Waals surface area contributed by atoms with Gasteiger partial charge in [-0.3, -0.25) is 14.5 Å². The summed E-state index contributed by atoms with van der Waals surface area (Å²) in [6.07, 6.45) is 13.1. The average molecular weight is 340 g/mol. The third-order valence-corrected chi connectivity index (χ3v) is 5.26. The van der Waals surface area contributed by atoms with E-state index >= 15 is 0 Å². The standard InChI is InChI=1S/C18H24N6O/c25-18(24-11-2-5-16(24)14-23-10-3-6-21-23)15-4-1-9-22(13-15)17-12-19-7-8-20-17/h3,6-8,10,12,15-16H,1-2,4-5,9,11,13-14H2. The molecule has 0 N–H and O–H groups in total. The van der Waals surface area contributed by atoms with E-state index in [0.717, 1.165) is 57.7 Å². The molecule has 7 heteroatoms.